The van der Waals surface area contributed by atoms with Gasteiger partial charge in [0, 0.05) is 6.04 Å². The number of rotatable bonds is 3. The fourth-order valence-electron chi connectivity index (χ4n) is 1.08. The minimum Gasteiger partial charge on any atom is -0.350 e. The van der Waals surface area contributed by atoms with Crippen molar-refractivity contribution in [1.82, 2.24) is 5.32 Å². The van der Waals surface area contributed by atoms with Crippen LogP contribution in [0, 0.1) is 5.82 Å². The van der Waals surface area contributed by atoms with Crippen LogP contribution in [0.15, 0.2) is 18.2 Å². The summed E-state index contributed by atoms with van der Waals surface area (Å²) in [5.74, 6) is -0.713. The first-order valence-corrected chi connectivity index (χ1v) is 5.18. The first kappa shape index (κ1) is 12.0. The number of nitrogens with one attached hydrogen (secondary N) is 1. The molecule has 0 fully saturated rings. The molecule has 1 aromatic rings. The molecular formula is C11H13ClFNO. The molecule has 1 atom stereocenters. The Morgan fingerprint density at radius 1 is 1.60 bits per heavy atom. The highest BCUT2D eigenvalue weighted by Gasteiger charge is 2.12. The third-order valence-electron chi connectivity index (χ3n) is 2.17. The third kappa shape index (κ3) is 3.20. The average Bonchev–Trinajstić information content (AvgIpc) is 2.17. The molecule has 0 saturated carbocycles. The van der Waals surface area contributed by atoms with Gasteiger partial charge in [-0.1, -0.05) is 18.5 Å². The van der Waals surface area contributed by atoms with Crippen molar-refractivity contribution >= 4 is 17.5 Å². The van der Waals surface area contributed by atoms with Gasteiger partial charge in [0.15, 0.2) is 0 Å². The van der Waals surface area contributed by atoms with Gasteiger partial charge in [-0.15, -0.1) is 0 Å². The van der Waals surface area contributed by atoms with E-state index in [1.807, 2.05) is 13.8 Å². The molecule has 2 nitrogen and oxygen atoms in total. The number of carbonyl (C=O) groups is 1. The van der Waals surface area contributed by atoms with Crippen LogP contribution < -0.4 is 5.32 Å². The van der Waals surface area contributed by atoms with Crippen LogP contribution in [0.2, 0.25) is 5.02 Å². The van der Waals surface area contributed by atoms with Gasteiger partial charge in [-0.05, 0) is 31.5 Å². The highest BCUT2D eigenvalue weighted by Crippen LogP contribution is 2.17. The Hall–Kier alpha value is -1.09. The van der Waals surface area contributed by atoms with E-state index in [4.69, 9.17) is 11.6 Å². The number of hydrogen-bond donors (Lipinski definition) is 1. The van der Waals surface area contributed by atoms with Crippen molar-refractivity contribution in [2.75, 3.05) is 0 Å². The number of amides is 1. The molecule has 82 valence electrons. The molecule has 15 heavy (non-hydrogen) atoms. The van der Waals surface area contributed by atoms with Crippen molar-refractivity contribution < 1.29 is 9.18 Å². The molecule has 0 aliphatic rings. The number of carbonyl (C=O) groups excluding carboxylic acids is 1. The topological polar surface area (TPSA) is 29.1 Å². The number of hydrogen-bond acceptors (Lipinski definition) is 1. The fourth-order valence-corrected chi connectivity index (χ4v) is 1.33. The van der Waals surface area contributed by atoms with Crippen molar-refractivity contribution in [2.24, 2.45) is 0 Å². The van der Waals surface area contributed by atoms with Gasteiger partial charge >= 0.3 is 0 Å². The lowest BCUT2D eigenvalue weighted by atomic mass is 10.2. The van der Waals surface area contributed by atoms with Crippen LogP contribution in [-0.2, 0) is 0 Å². The Morgan fingerprint density at radius 2 is 2.27 bits per heavy atom. The van der Waals surface area contributed by atoms with Crippen LogP contribution in [0.25, 0.3) is 0 Å². The summed E-state index contributed by atoms with van der Waals surface area (Å²) in [5, 5.41) is 2.90. The third-order valence-corrected chi connectivity index (χ3v) is 2.48. The molecular weight excluding hydrogens is 217 g/mol. The summed E-state index contributed by atoms with van der Waals surface area (Å²) in [6.07, 6.45) is 0.838. The quantitative estimate of drug-likeness (QED) is 0.848. The fraction of sp³-hybridized carbons (Fsp3) is 0.364. The first-order chi connectivity index (χ1) is 7.04. The van der Waals surface area contributed by atoms with Gasteiger partial charge in [0.2, 0.25) is 0 Å². The standard InChI is InChI=1S/C11H13ClFNO/c1-3-7(2)14-11(15)9-5-4-8(13)6-10(9)12/h4-7H,3H2,1-2H3,(H,14,15)/t7-/m0/s1. The second-order valence-corrected chi connectivity index (χ2v) is 3.81. The summed E-state index contributed by atoms with van der Waals surface area (Å²) >= 11 is 5.75. The van der Waals surface area contributed by atoms with Crippen LogP contribution in [-0.4, -0.2) is 11.9 Å². The van der Waals surface area contributed by atoms with Crippen LogP contribution in [0.4, 0.5) is 4.39 Å². The predicted octanol–water partition coefficient (Wildman–Crippen LogP) is 3.01. The Bertz CT molecular complexity index is 368. The van der Waals surface area contributed by atoms with E-state index < -0.39 is 5.82 Å². The van der Waals surface area contributed by atoms with E-state index in [2.05, 4.69) is 5.32 Å². The zero-order chi connectivity index (χ0) is 11.4. The lowest BCUT2D eigenvalue weighted by molar-refractivity contribution is 0.0939. The zero-order valence-electron chi connectivity index (χ0n) is 8.68. The molecule has 4 heteroatoms. The molecule has 0 radical (unpaired) electrons. The van der Waals surface area contributed by atoms with Crippen molar-refractivity contribution in [1.29, 1.82) is 0 Å². The summed E-state index contributed by atoms with van der Waals surface area (Å²) in [6.45, 7) is 3.87. The van der Waals surface area contributed by atoms with E-state index in [0.29, 0.717) is 5.56 Å². The summed E-state index contributed by atoms with van der Waals surface area (Å²) in [5.41, 5.74) is 0.304. The Labute approximate surface area is 93.4 Å². The minimum absolute atomic E-state index is 0.0821. The van der Waals surface area contributed by atoms with Gasteiger partial charge in [-0.3, -0.25) is 4.79 Å². The monoisotopic (exact) mass is 229 g/mol. The van der Waals surface area contributed by atoms with Crippen molar-refractivity contribution in [3.05, 3.63) is 34.6 Å². The van der Waals surface area contributed by atoms with E-state index >= 15 is 0 Å². The molecule has 0 aliphatic carbocycles. The second kappa shape index (κ2) is 5.12. The smallest absolute Gasteiger partial charge is 0.253 e. The molecule has 0 aromatic heterocycles. The molecule has 0 unspecified atom stereocenters. The van der Waals surface area contributed by atoms with Crippen LogP contribution >= 0.6 is 11.6 Å². The molecule has 0 heterocycles. The minimum atomic E-state index is -0.444. The van der Waals surface area contributed by atoms with Gasteiger partial charge in [-0.25, -0.2) is 4.39 Å². The van der Waals surface area contributed by atoms with Gasteiger partial charge in [0.05, 0.1) is 10.6 Å². The van der Waals surface area contributed by atoms with E-state index in [-0.39, 0.29) is 17.0 Å². The van der Waals surface area contributed by atoms with Crippen LogP contribution in [0.3, 0.4) is 0 Å². The average molecular weight is 230 g/mol. The summed E-state index contributed by atoms with van der Waals surface area (Å²) in [4.78, 5) is 11.6. The maximum Gasteiger partial charge on any atom is 0.253 e. The van der Waals surface area contributed by atoms with Crippen molar-refractivity contribution in [3.8, 4) is 0 Å². The molecule has 1 aromatic carbocycles. The van der Waals surface area contributed by atoms with E-state index in [0.717, 1.165) is 12.5 Å². The largest absolute Gasteiger partial charge is 0.350 e. The summed E-state index contributed by atoms with van der Waals surface area (Å²) in [6, 6.07) is 3.82. The molecule has 1 rings (SSSR count). The van der Waals surface area contributed by atoms with Crippen LogP contribution in [0.1, 0.15) is 30.6 Å². The molecule has 0 aliphatic heterocycles. The van der Waals surface area contributed by atoms with E-state index in [1.54, 1.807) is 0 Å². The van der Waals surface area contributed by atoms with Gasteiger partial charge in [-0.2, -0.15) is 0 Å². The molecule has 0 saturated heterocycles. The first-order valence-electron chi connectivity index (χ1n) is 4.80. The Morgan fingerprint density at radius 3 is 2.80 bits per heavy atom. The molecule has 1 amide bonds. The maximum absolute atomic E-state index is 12.7. The van der Waals surface area contributed by atoms with Gasteiger partial charge in [0.25, 0.3) is 5.91 Å². The SMILES string of the molecule is CC[C@H](C)NC(=O)c1ccc(F)cc1Cl. The van der Waals surface area contributed by atoms with Gasteiger partial charge in [0.1, 0.15) is 5.82 Å². The predicted molar refractivity (Wildman–Crippen MR) is 58.6 cm³/mol. The zero-order valence-corrected chi connectivity index (χ0v) is 9.44. The lowest BCUT2D eigenvalue weighted by Gasteiger charge is -2.11. The molecule has 1 N–H and O–H groups in total. The summed E-state index contributed by atoms with van der Waals surface area (Å²) < 4.78 is 12.7. The Kier molecular flexibility index (Phi) is 4.09. The molecule has 0 spiro atoms. The Balaban J connectivity index is 2.82. The maximum atomic E-state index is 12.7. The number of benzene rings is 1. The van der Waals surface area contributed by atoms with E-state index in [9.17, 15) is 9.18 Å². The van der Waals surface area contributed by atoms with Crippen molar-refractivity contribution in [2.45, 2.75) is 26.3 Å². The lowest BCUT2D eigenvalue weighted by Crippen LogP contribution is -2.32. The second-order valence-electron chi connectivity index (χ2n) is 3.41. The van der Waals surface area contributed by atoms with Crippen molar-refractivity contribution in [3.63, 3.8) is 0 Å². The van der Waals surface area contributed by atoms with Gasteiger partial charge < -0.3 is 5.32 Å². The summed E-state index contributed by atoms with van der Waals surface area (Å²) in [7, 11) is 0. The van der Waals surface area contributed by atoms with Crippen LogP contribution in [0.5, 0.6) is 0 Å². The highest BCUT2D eigenvalue weighted by atomic mass is 35.5. The molecule has 0 bridgehead atoms. The van der Waals surface area contributed by atoms with E-state index in [1.165, 1.54) is 12.1 Å². The highest BCUT2D eigenvalue weighted by molar-refractivity contribution is 6.33. The normalized spacial score (nSPS) is 12.3. The number of halogens is 2.